The third-order valence-electron chi connectivity index (χ3n) is 4.30. The second-order valence-electron chi connectivity index (χ2n) is 5.77. The van der Waals surface area contributed by atoms with E-state index in [0.29, 0.717) is 17.6 Å². The van der Waals surface area contributed by atoms with Gasteiger partial charge in [0, 0.05) is 17.3 Å². The normalized spacial score (nSPS) is 22.2. The number of methoxy groups -OCH3 is 1. The summed E-state index contributed by atoms with van der Waals surface area (Å²) in [5, 5.41) is 12.3. The molecule has 0 spiro atoms. The highest BCUT2D eigenvalue weighted by atomic mass is 16.5. The fraction of sp³-hybridized carbons (Fsp3) is 0.533. The minimum atomic E-state index is 0.358. The first-order chi connectivity index (χ1) is 10.2. The standard InChI is InChI=1S/C15H21N5O/c1-10-5-3-4-6-14(10)20-15(17-18-19-20)11-7-12(16)9-13(8-11)21-2/h7-10,14H,3-6,16H2,1-2H3. The largest absolute Gasteiger partial charge is 0.497 e. The smallest absolute Gasteiger partial charge is 0.182 e. The van der Waals surface area contributed by atoms with Crippen molar-refractivity contribution in [2.75, 3.05) is 12.8 Å². The van der Waals surface area contributed by atoms with E-state index in [1.54, 1.807) is 13.2 Å². The SMILES string of the molecule is COc1cc(N)cc(-c2nnnn2C2CCCCC2C)c1. The fourth-order valence-electron chi connectivity index (χ4n) is 3.14. The molecule has 1 heterocycles. The Hall–Kier alpha value is -2.11. The molecule has 112 valence electrons. The van der Waals surface area contributed by atoms with Gasteiger partial charge in [-0.2, -0.15) is 0 Å². The molecule has 6 nitrogen and oxygen atoms in total. The van der Waals surface area contributed by atoms with Gasteiger partial charge in [-0.15, -0.1) is 5.10 Å². The van der Waals surface area contributed by atoms with Crippen molar-refractivity contribution in [2.45, 2.75) is 38.6 Å². The van der Waals surface area contributed by atoms with Crippen LogP contribution in [-0.2, 0) is 0 Å². The molecule has 0 bridgehead atoms. The minimum absolute atomic E-state index is 0.358. The van der Waals surface area contributed by atoms with Crippen LogP contribution in [0.15, 0.2) is 18.2 Å². The van der Waals surface area contributed by atoms with Crippen LogP contribution in [-0.4, -0.2) is 27.3 Å². The summed E-state index contributed by atoms with van der Waals surface area (Å²) in [7, 11) is 1.63. The number of nitrogens with zero attached hydrogens (tertiary/aromatic N) is 4. The molecule has 3 rings (SSSR count). The molecule has 6 heteroatoms. The Morgan fingerprint density at radius 3 is 2.81 bits per heavy atom. The molecule has 2 aromatic rings. The van der Waals surface area contributed by atoms with E-state index in [-0.39, 0.29) is 0 Å². The molecule has 21 heavy (non-hydrogen) atoms. The molecule has 2 N–H and O–H groups in total. The molecule has 2 atom stereocenters. The predicted octanol–water partition coefficient (Wildman–Crippen LogP) is 2.68. The molecule has 0 saturated heterocycles. The van der Waals surface area contributed by atoms with Crippen LogP contribution in [0.5, 0.6) is 5.75 Å². The summed E-state index contributed by atoms with van der Waals surface area (Å²) >= 11 is 0. The van der Waals surface area contributed by atoms with Gasteiger partial charge in [0.15, 0.2) is 5.82 Å². The summed E-state index contributed by atoms with van der Waals surface area (Å²) in [6.45, 7) is 2.27. The third-order valence-corrected chi connectivity index (χ3v) is 4.30. The Labute approximate surface area is 124 Å². The van der Waals surface area contributed by atoms with Crippen LogP contribution in [0.1, 0.15) is 38.6 Å². The van der Waals surface area contributed by atoms with Gasteiger partial charge in [0.1, 0.15) is 5.75 Å². The van der Waals surface area contributed by atoms with E-state index in [0.717, 1.165) is 23.6 Å². The zero-order valence-electron chi connectivity index (χ0n) is 12.5. The first-order valence-electron chi connectivity index (χ1n) is 7.42. The van der Waals surface area contributed by atoms with E-state index in [2.05, 4.69) is 22.4 Å². The Morgan fingerprint density at radius 1 is 1.24 bits per heavy atom. The van der Waals surface area contributed by atoms with Crippen molar-refractivity contribution in [3.63, 3.8) is 0 Å². The highest BCUT2D eigenvalue weighted by Crippen LogP contribution is 2.35. The lowest BCUT2D eigenvalue weighted by Crippen LogP contribution is -2.23. The lowest BCUT2D eigenvalue weighted by molar-refractivity contribution is 0.239. The van der Waals surface area contributed by atoms with Crippen molar-refractivity contribution in [1.82, 2.24) is 20.2 Å². The van der Waals surface area contributed by atoms with E-state index in [9.17, 15) is 0 Å². The van der Waals surface area contributed by atoms with Gasteiger partial charge in [-0.05, 0) is 41.3 Å². The molecule has 1 aromatic carbocycles. The van der Waals surface area contributed by atoms with Gasteiger partial charge in [0.25, 0.3) is 0 Å². The maximum atomic E-state index is 5.94. The summed E-state index contributed by atoms with van der Waals surface area (Å²) < 4.78 is 7.24. The van der Waals surface area contributed by atoms with Crippen molar-refractivity contribution >= 4 is 5.69 Å². The van der Waals surface area contributed by atoms with Crippen LogP contribution in [0, 0.1) is 5.92 Å². The van der Waals surface area contributed by atoms with Crippen LogP contribution < -0.4 is 10.5 Å². The molecule has 2 unspecified atom stereocenters. The molecule has 1 aliphatic carbocycles. The van der Waals surface area contributed by atoms with E-state index >= 15 is 0 Å². The van der Waals surface area contributed by atoms with Gasteiger partial charge in [-0.25, -0.2) is 4.68 Å². The lowest BCUT2D eigenvalue weighted by atomic mass is 9.86. The highest BCUT2D eigenvalue weighted by molar-refractivity contribution is 5.64. The van der Waals surface area contributed by atoms with Crippen molar-refractivity contribution in [2.24, 2.45) is 5.92 Å². The maximum absolute atomic E-state index is 5.94. The van der Waals surface area contributed by atoms with Gasteiger partial charge in [-0.3, -0.25) is 0 Å². The van der Waals surface area contributed by atoms with E-state index in [1.165, 1.54) is 19.3 Å². The molecular formula is C15H21N5O. The van der Waals surface area contributed by atoms with Gasteiger partial charge >= 0.3 is 0 Å². The highest BCUT2D eigenvalue weighted by Gasteiger charge is 2.26. The monoisotopic (exact) mass is 287 g/mol. The average molecular weight is 287 g/mol. The first-order valence-corrected chi connectivity index (χ1v) is 7.42. The van der Waals surface area contributed by atoms with Crippen molar-refractivity contribution in [1.29, 1.82) is 0 Å². The number of aromatic nitrogens is 4. The first kappa shape index (κ1) is 13.9. The molecule has 1 fully saturated rings. The number of nitrogen functional groups attached to an aromatic ring is 1. The Bertz CT molecular complexity index is 624. The molecular weight excluding hydrogens is 266 g/mol. The summed E-state index contributed by atoms with van der Waals surface area (Å²) in [6.07, 6.45) is 4.87. The molecule has 0 aliphatic heterocycles. The van der Waals surface area contributed by atoms with Gasteiger partial charge < -0.3 is 10.5 Å². The van der Waals surface area contributed by atoms with E-state index < -0.39 is 0 Å². The van der Waals surface area contributed by atoms with Crippen LogP contribution in [0.4, 0.5) is 5.69 Å². The number of ether oxygens (including phenoxy) is 1. The van der Waals surface area contributed by atoms with Crippen LogP contribution in [0.2, 0.25) is 0 Å². The third kappa shape index (κ3) is 2.70. The summed E-state index contributed by atoms with van der Waals surface area (Å²) in [5.41, 5.74) is 7.49. The zero-order chi connectivity index (χ0) is 14.8. The van der Waals surface area contributed by atoms with Crippen LogP contribution in [0.3, 0.4) is 0 Å². The number of hydrogen-bond donors (Lipinski definition) is 1. The quantitative estimate of drug-likeness (QED) is 0.878. The molecule has 1 saturated carbocycles. The average Bonchev–Trinajstić information content (AvgIpc) is 2.96. The number of rotatable bonds is 3. The number of anilines is 1. The Kier molecular flexibility index (Phi) is 3.77. The van der Waals surface area contributed by atoms with Gasteiger partial charge in [0.05, 0.1) is 13.2 Å². The Balaban J connectivity index is 2.00. The van der Waals surface area contributed by atoms with Gasteiger partial charge in [-0.1, -0.05) is 19.8 Å². The minimum Gasteiger partial charge on any atom is -0.497 e. The van der Waals surface area contributed by atoms with Crippen LogP contribution >= 0.6 is 0 Å². The zero-order valence-corrected chi connectivity index (χ0v) is 12.5. The molecule has 1 aromatic heterocycles. The molecule has 0 radical (unpaired) electrons. The number of hydrogen-bond acceptors (Lipinski definition) is 5. The summed E-state index contributed by atoms with van der Waals surface area (Å²) in [4.78, 5) is 0. The summed E-state index contributed by atoms with van der Waals surface area (Å²) in [6, 6.07) is 5.96. The van der Waals surface area contributed by atoms with Crippen LogP contribution in [0.25, 0.3) is 11.4 Å². The maximum Gasteiger partial charge on any atom is 0.182 e. The molecule has 1 aliphatic rings. The second-order valence-corrected chi connectivity index (χ2v) is 5.77. The second kappa shape index (κ2) is 5.71. The van der Waals surface area contributed by atoms with E-state index in [1.807, 2.05) is 16.8 Å². The lowest BCUT2D eigenvalue weighted by Gasteiger charge is -2.29. The van der Waals surface area contributed by atoms with Gasteiger partial charge in [0.2, 0.25) is 0 Å². The fourth-order valence-corrected chi connectivity index (χ4v) is 3.14. The van der Waals surface area contributed by atoms with Crippen molar-refractivity contribution in [3.05, 3.63) is 18.2 Å². The van der Waals surface area contributed by atoms with Crippen molar-refractivity contribution in [3.8, 4) is 17.1 Å². The topological polar surface area (TPSA) is 78.8 Å². The van der Waals surface area contributed by atoms with Crippen molar-refractivity contribution < 1.29 is 4.74 Å². The number of tetrazole rings is 1. The van der Waals surface area contributed by atoms with E-state index in [4.69, 9.17) is 10.5 Å². The molecule has 0 amide bonds. The summed E-state index contributed by atoms with van der Waals surface area (Å²) in [5.74, 6) is 2.07. The predicted molar refractivity (Wildman–Crippen MR) is 80.9 cm³/mol. The number of benzene rings is 1. The number of nitrogens with two attached hydrogens (primary N) is 1. The Morgan fingerprint density at radius 2 is 2.05 bits per heavy atom.